The molecule has 2 rings (SSSR count). The molecule has 0 aromatic carbocycles. The van der Waals surface area contributed by atoms with Crippen molar-refractivity contribution in [1.82, 2.24) is 15.1 Å². The van der Waals surface area contributed by atoms with Crippen molar-refractivity contribution in [3.05, 3.63) is 12.4 Å². The molecule has 1 fully saturated rings. The number of hydrogen-bond acceptors (Lipinski definition) is 3. The Labute approximate surface area is 83.9 Å². The zero-order valence-corrected chi connectivity index (χ0v) is 8.11. The van der Waals surface area contributed by atoms with Crippen LogP contribution >= 0.6 is 0 Å². The number of terminal acetylenes is 1. The minimum atomic E-state index is 0.548. The average Bonchev–Trinajstić information content (AvgIpc) is 2.68. The highest BCUT2D eigenvalue weighted by Crippen LogP contribution is 2.12. The second-order valence-corrected chi connectivity index (χ2v) is 3.34. The number of nitrogens with one attached hydrogen (secondary N) is 1. The first kappa shape index (κ1) is 9.10. The number of nitrogens with zero attached hydrogens (tertiary/aromatic N) is 3. The molecule has 1 N–H and O–H groups in total. The first-order chi connectivity index (χ1) is 6.90. The fraction of sp³-hybridized carbons (Fsp3) is 0.500. The van der Waals surface area contributed by atoms with Crippen LogP contribution in [0.5, 0.6) is 0 Å². The number of piperazine rings is 1. The van der Waals surface area contributed by atoms with E-state index in [0.717, 1.165) is 26.2 Å². The molecule has 4 heteroatoms. The van der Waals surface area contributed by atoms with Gasteiger partial charge in [-0.3, -0.25) is 4.68 Å². The SMILES string of the molecule is C#CCn1cc(N2CCNCC2)cn1. The van der Waals surface area contributed by atoms with Crippen LogP contribution in [0.3, 0.4) is 0 Å². The van der Waals surface area contributed by atoms with Crippen molar-refractivity contribution in [2.24, 2.45) is 0 Å². The Morgan fingerprint density at radius 1 is 1.50 bits per heavy atom. The van der Waals surface area contributed by atoms with Gasteiger partial charge in [0.15, 0.2) is 0 Å². The van der Waals surface area contributed by atoms with Crippen LogP contribution in [-0.2, 0) is 6.54 Å². The van der Waals surface area contributed by atoms with Crippen molar-refractivity contribution < 1.29 is 0 Å². The molecular weight excluding hydrogens is 176 g/mol. The topological polar surface area (TPSA) is 33.1 Å². The lowest BCUT2D eigenvalue weighted by Crippen LogP contribution is -2.43. The predicted molar refractivity (Wildman–Crippen MR) is 56.1 cm³/mol. The van der Waals surface area contributed by atoms with E-state index in [2.05, 4.69) is 21.2 Å². The van der Waals surface area contributed by atoms with Gasteiger partial charge in [-0.2, -0.15) is 5.10 Å². The van der Waals surface area contributed by atoms with Crippen molar-refractivity contribution in [2.45, 2.75) is 6.54 Å². The zero-order valence-electron chi connectivity index (χ0n) is 8.11. The molecule has 1 saturated heterocycles. The molecule has 0 amide bonds. The fourth-order valence-corrected chi connectivity index (χ4v) is 1.62. The Hall–Kier alpha value is -1.47. The van der Waals surface area contributed by atoms with Crippen molar-refractivity contribution in [1.29, 1.82) is 0 Å². The summed E-state index contributed by atoms with van der Waals surface area (Å²) in [4.78, 5) is 2.32. The van der Waals surface area contributed by atoms with Crippen molar-refractivity contribution >= 4 is 5.69 Å². The van der Waals surface area contributed by atoms with Crippen LogP contribution in [0, 0.1) is 12.3 Å². The summed E-state index contributed by atoms with van der Waals surface area (Å²) in [6.07, 6.45) is 9.10. The second-order valence-electron chi connectivity index (χ2n) is 3.34. The van der Waals surface area contributed by atoms with Crippen LogP contribution in [0.25, 0.3) is 0 Å². The molecule has 2 heterocycles. The summed E-state index contributed by atoms with van der Waals surface area (Å²) in [5, 5.41) is 7.51. The Balaban J connectivity index is 2.04. The van der Waals surface area contributed by atoms with E-state index in [1.165, 1.54) is 5.69 Å². The Kier molecular flexibility index (Phi) is 2.70. The molecule has 1 aromatic rings. The van der Waals surface area contributed by atoms with E-state index in [-0.39, 0.29) is 0 Å². The number of rotatable bonds is 2. The van der Waals surface area contributed by atoms with Crippen LogP contribution in [-0.4, -0.2) is 36.0 Å². The maximum Gasteiger partial charge on any atom is 0.101 e. The van der Waals surface area contributed by atoms with E-state index in [9.17, 15) is 0 Å². The molecule has 0 bridgehead atoms. The Bertz CT molecular complexity index is 330. The summed E-state index contributed by atoms with van der Waals surface area (Å²) in [7, 11) is 0. The second kappa shape index (κ2) is 4.16. The lowest BCUT2D eigenvalue weighted by atomic mass is 10.3. The highest BCUT2D eigenvalue weighted by Gasteiger charge is 2.11. The predicted octanol–water partition coefficient (Wildman–Crippen LogP) is -0.0741. The third kappa shape index (κ3) is 1.88. The molecular formula is C10H14N4. The molecule has 1 aliphatic heterocycles. The zero-order chi connectivity index (χ0) is 9.80. The quantitative estimate of drug-likeness (QED) is 0.662. The largest absolute Gasteiger partial charge is 0.366 e. The van der Waals surface area contributed by atoms with Crippen LogP contribution in [0.2, 0.25) is 0 Å². The van der Waals surface area contributed by atoms with Gasteiger partial charge in [-0.05, 0) is 0 Å². The van der Waals surface area contributed by atoms with Crippen LogP contribution < -0.4 is 10.2 Å². The highest BCUT2D eigenvalue weighted by atomic mass is 15.3. The minimum absolute atomic E-state index is 0.548. The summed E-state index contributed by atoms with van der Waals surface area (Å²) in [5.41, 5.74) is 1.17. The molecule has 0 unspecified atom stereocenters. The van der Waals surface area contributed by atoms with Gasteiger partial charge in [0.2, 0.25) is 0 Å². The number of hydrogen-bond donors (Lipinski definition) is 1. The van der Waals surface area contributed by atoms with Gasteiger partial charge in [-0.25, -0.2) is 0 Å². The monoisotopic (exact) mass is 190 g/mol. The number of aromatic nitrogens is 2. The normalized spacial score (nSPS) is 16.6. The first-order valence-electron chi connectivity index (χ1n) is 4.82. The van der Waals surface area contributed by atoms with Crippen LogP contribution in [0.1, 0.15) is 0 Å². The van der Waals surface area contributed by atoms with Crippen LogP contribution in [0.4, 0.5) is 5.69 Å². The lowest BCUT2D eigenvalue weighted by Gasteiger charge is -2.27. The van der Waals surface area contributed by atoms with Crippen LogP contribution in [0.15, 0.2) is 12.4 Å². The molecule has 1 aromatic heterocycles. The molecule has 1 aliphatic rings. The maximum absolute atomic E-state index is 5.21. The molecule has 0 atom stereocenters. The van der Waals surface area contributed by atoms with E-state index in [4.69, 9.17) is 6.42 Å². The molecule has 0 aliphatic carbocycles. The van der Waals surface area contributed by atoms with Gasteiger partial charge < -0.3 is 10.2 Å². The average molecular weight is 190 g/mol. The Morgan fingerprint density at radius 2 is 2.29 bits per heavy atom. The van der Waals surface area contributed by atoms with Gasteiger partial charge in [0, 0.05) is 32.4 Å². The fourth-order valence-electron chi connectivity index (χ4n) is 1.62. The van der Waals surface area contributed by atoms with E-state index >= 15 is 0 Å². The van der Waals surface area contributed by atoms with Gasteiger partial charge in [-0.1, -0.05) is 5.92 Å². The molecule has 4 nitrogen and oxygen atoms in total. The van der Waals surface area contributed by atoms with Gasteiger partial charge >= 0.3 is 0 Å². The molecule has 0 radical (unpaired) electrons. The summed E-state index contributed by atoms with van der Waals surface area (Å²) in [6.45, 7) is 4.72. The summed E-state index contributed by atoms with van der Waals surface area (Å²) in [5.74, 6) is 2.57. The molecule has 74 valence electrons. The summed E-state index contributed by atoms with van der Waals surface area (Å²) >= 11 is 0. The molecule has 14 heavy (non-hydrogen) atoms. The van der Waals surface area contributed by atoms with Gasteiger partial charge in [-0.15, -0.1) is 6.42 Å². The number of anilines is 1. The highest BCUT2D eigenvalue weighted by molar-refractivity contribution is 5.42. The van der Waals surface area contributed by atoms with Gasteiger partial charge in [0.1, 0.15) is 6.54 Å². The van der Waals surface area contributed by atoms with E-state index in [1.54, 1.807) is 4.68 Å². The van der Waals surface area contributed by atoms with E-state index in [0.29, 0.717) is 6.54 Å². The standard InChI is InChI=1S/C10H14N4/c1-2-5-14-9-10(8-12-14)13-6-3-11-4-7-13/h1,8-9,11H,3-7H2. The van der Waals surface area contributed by atoms with Crippen molar-refractivity contribution in [3.8, 4) is 12.3 Å². The third-order valence-corrected chi connectivity index (χ3v) is 2.36. The van der Waals surface area contributed by atoms with Gasteiger partial charge in [0.05, 0.1) is 11.9 Å². The third-order valence-electron chi connectivity index (χ3n) is 2.36. The Morgan fingerprint density at radius 3 is 3.00 bits per heavy atom. The van der Waals surface area contributed by atoms with Gasteiger partial charge in [0.25, 0.3) is 0 Å². The van der Waals surface area contributed by atoms with Crippen molar-refractivity contribution in [2.75, 3.05) is 31.1 Å². The lowest BCUT2D eigenvalue weighted by molar-refractivity contribution is 0.589. The van der Waals surface area contributed by atoms with E-state index < -0.39 is 0 Å². The van der Waals surface area contributed by atoms with Crippen molar-refractivity contribution in [3.63, 3.8) is 0 Å². The first-order valence-corrected chi connectivity index (χ1v) is 4.82. The molecule has 0 saturated carbocycles. The van der Waals surface area contributed by atoms with E-state index in [1.807, 2.05) is 12.4 Å². The minimum Gasteiger partial charge on any atom is -0.366 e. The smallest absolute Gasteiger partial charge is 0.101 e. The summed E-state index contributed by atoms with van der Waals surface area (Å²) < 4.78 is 1.79. The molecule has 0 spiro atoms. The summed E-state index contributed by atoms with van der Waals surface area (Å²) in [6, 6.07) is 0. The maximum atomic E-state index is 5.21.